The monoisotopic (exact) mass is 530 g/mol. The van der Waals surface area contributed by atoms with Crippen LogP contribution in [-0.4, -0.2) is 29.7 Å². The molecule has 3 aromatic rings. The number of likely N-dealkylation sites (tertiary alicyclic amines) is 1. The largest absolute Gasteiger partial charge is 0.444 e. The maximum Gasteiger partial charge on any atom is 0.410 e. The first-order valence-electron chi connectivity index (χ1n) is 13.2. The van der Waals surface area contributed by atoms with Gasteiger partial charge in [-0.25, -0.2) is 13.6 Å². The van der Waals surface area contributed by atoms with Crippen LogP contribution in [0, 0.1) is 29.9 Å². The second-order valence-corrected chi connectivity index (χ2v) is 11.4. The summed E-state index contributed by atoms with van der Waals surface area (Å²) in [7, 11) is 0. The smallest absolute Gasteiger partial charge is 0.410 e. The van der Waals surface area contributed by atoms with Crippen LogP contribution in [0.15, 0.2) is 54.6 Å². The second-order valence-electron chi connectivity index (χ2n) is 11.4. The molecule has 5 rings (SSSR count). The number of halogens is 2. The molecule has 2 atom stereocenters. The van der Waals surface area contributed by atoms with Crippen LogP contribution in [0.4, 0.5) is 13.6 Å². The number of nitrogens with zero attached hydrogens (tertiary/aromatic N) is 2. The molecular formula is C32H32F2N2O3. The van der Waals surface area contributed by atoms with Crippen LogP contribution in [0.2, 0.25) is 0 Å². The molecule has 0 aliphatic carbocycles. The van der Waals surface area contributed by atoms with Gasteiger partial charge >= 0.3 is 6.09 Å². The van der Waals surface area contributed by atoms with E-state index in [0.29, 0.717) is 37.1 Å². The molecule has 0 unspecified atom stereocenters. The molecule has 1 amide bonds. The molecule has 202 valence electrons. The van der Waals surface area contributed by atoms with Gasteiger partial charge in [0.1, 0.15) is 11.2 Å². The number of aryl methyl sites for hydroxylation is 1. The van der Waals surface area contributed by atoms with Gasteiger partial charge < -0.3 is 14.4 Å². The van der Waals surface area contributed by atoms with E-state index >= 15 is 0 Å². The maximum absolute atomic E-state index is 14.5. The number of fused-ring (bicyclic) bond motifs is 2. The average molecular weight is 531 g/mol. The van der Waals surface area contributed by atoms with Crippen LogP contribution < -0.4 is 0 Å². The Morgan fingerprint density at radius 1 is 1.15 bits per heavy atom. The van der Waals surface area contributed by atoms with Gasteiger partial charge in [-0.3, -0.25) is 0 Å². The van der Waals surface area contributed by atoms with E-state index in [1.165, 1.54) is 12.1 Å². The SMILES string of the molecule is Cc1cc(-c2ccccc2CC#N)ccc1[C@H]1CN(C(=O)OC(C)(C)C)CC[C@@]12OCc1cc(F)c(F)cc12. The zero-order valence-corrected chi connectivity index (χ0v) is 22.7. The van der Waals surface area contributed by atoms with Crippen LogP contribution in [-0.2, 0) is 28.1 Å². The quantitative estimate of drug-likeness (QED) is 0.361. The second kappa shape index (κ2) is 10.1. The lowest BCUT2D eigenvalue weighted by molar-refractivity contribution is -0.0956. The summed E-state index contributed by atoms with van der Waals surface area (Å²) in [5, 5.41) is 9.28. The van der Waals surface area contributed by atoms with E-state index in [1.54, 1.807) is 4.90 Å². The molecule has 2 aliphatic rings. The topological polar surface area (TPSA) is 62.6 Å². The molecule has 0 radical (unpaired) electrons. The van der Waals surface area contributed by atoms with E-state index < -0.39 is 28.9 Å². The van der Waals surface area contributed by atoms with Crippen molar-refractivity contribution in [3.05, 3.63) is 94.0 Å². The Morgan fingerprint density at radius 3 is 2.62 bits per heavy atom. The van der Waals surface area contributed by atoms with Crippen molar-refractivity contribution in [3.8, 4) is 17.2 Å². The molecule has 39 heavy (non-hydrogen) atoms. The van der Waals surface area contributed by atoms with Crippen molar-refractivity contribution in [2.75, 3.05) is 13.1 Å². The molecule has 0 aromatic heterocycles. The van der Waals surface area contributed by atoms with E-state index in [4.69, 9.17) is 9.47 Å². The number of ether oxygens (including phenoxy) is 2. The van der Waals surface area contributed by atoms with Crippen LogP contribution in [0.25, 0.3) is 11.1 Å². The first kappa shape index (κ1) is 26.8. The molecule has 0 saturated carbocycles. The Bertz CT molecular complexity index is 1470. The van der Waals surface area contributed by atoms with Crippen LogP contribution in [0.3, 0.4) is 0 Å². The van der Waals surface area contributed by atoms with Crippen molar-refractivity contribution >= 4 is 6.09 Å². The number of nitriles is 1. The van der Waals surface area contributed by atoms with Crippen LogP contribution in [0.1, 0.15) is 60.9 Å². The normalized spacial score (nSPS) is 20.5. The standard InChI is InChI=1S/C32H32F2N2O3/c1-20-15-22(25-8-6-5-7-21(25)11-13-35)9-10-24(20)27-18-36(30(37)39-31(2,3)4)14-12-32(27)26-17-29(34)28(33)16-23(26)19-38-32/h5-10,15-17,27H,11-12,14,18-19H2,1-4H3/t27-,32+/m1/s1. The van der Waals surface area contributed by atoms with E-state index in [0.717, 1.165) is 27.8 Å². The Kier molecular flexibility index (Phi) is 6.94. The van der Waals surface area contributed by atoms with Gasteiger partial charge in [0.05, 0.1) is 19.1 Å². The van der Waals surface area contributed by atoms with Gasteiger partial charge in [0.25, 0.3) is 0 Å². The van der Waals surface area contributed by atoms with Gasteiger partial charge in [-0.05, 0) is 85.2 Å². The molecule has 2 aliphatic heterocycles. The minimum atomic E-state index is -0.909. The zero-order valence-electron chi connectivity index (χ0n) is 22.7. The van der Waals surface area contributed by atoms with Crippen molar-refractivity contribution in [2.45, 2.75) is 64.3 Å². The van der Waals surface area contributed by atoms with Crippen LogP contribution in [0.5, 0.6) is 0 Å². The third-order valence-corrected chi connectivity index (χ3v) is 7.70. The summed E-state index contributed by atoms with van der Waals surface area (Å²) in [5.41, 5.74) is 4.57. The van der Waals surface area contributed by atoms with Crippen LogP contribution >= 0.6 is 0 Å². The highest BCUT2D eigenvalue weighted by molar-refractivity contribution is 5.70. The van der Waals surface area contributed by atoms with E-state index in [2.05, 4.69) is 12.1 Å². The Labute approximate surface area is 228 Å². The van der Waals surface area contributed by atoms with E-state index in [-0.39, 0.29) is 12.5 Å². The number of carbonyl (C=O) groups is 1. The molecular weight excluding hydrogens is 498 g/mol. The first-order chi connectivity index (χ1) is 18.5. The number of hydrogen-bond donors (Lipinski definition) is 0. The number of piperidine rings is 1. The average Bonchev–Trinajstić information content (AvgIpc) is 3.21. The summed E-state index contributed by atoms with van der Waals surface area (Å²) >= 11 is 0. The molecule has 3 aromatic carbocycles. The summed E-state index contributed by atoms with van der Waals surface area (Å²) in [6.07, 6.45) is 0.312. The molecule has 7 heteroatoms. The summed E-state index contributed by atoms with van der Waals surface area (Å²) in [4.78, 5) is 14.8. The molecule has 1 fully saturated rings. The van der Waals surface area contributed by atoms with Gasteiger partial charge in [-0.2, -0.15) is 5.26 Å². The van der Waals surface area contributed by atoms with E-state index in [9.17, 15) is 18.8 Å². The number of rotatable bonds is 3. The molecule has 5 nitrogen and oxygen atoms in total. The third kappa shape index (κ3) is 5.02. The highest BCUT2D eigenvalue weighted by Gasteiger charge is 2.52. The fourth-order valence-corrected chi connectivity index (χ4v) is 5.93. The number of carbonyl (C=O) groups excluding carboxylic acids is 1. The Balaban J connectivity index is 1.58. The number of amides is 1. The molecule has 1 saturated heterocycles. The van der Waals surface area contributed by atoms with Gasteiger partial charge in [0, 0.05) is 19.0 Å². The Hall–Kier alpha value is -3.76. The van der Waals surface area contributed by atoms with E-state index in [1.807, 2.05) is 64.1 Å². The predicted octanol–water partition coefficient (Wildman–Crippen LogP) is 7.16. The lowest BCUT2D eigenvalue weighted by Gasteiger charge is -2.46. The molecule has 2 heterocycles. The fourth-order valence-electron chi connectivity index (χ4n) is 5.93. The number of hydrogen-bond acceptors (Lipinski definition) is 4. The minimum absolute atomic E-state index is 0.175. The fraction of sp³-hybridized carbons (Fsp3) is 0.375. The number of benzene rings is 3. The summed E-state index contributed by atoms with van der Waals surface area (Å²) in [6.45, 7) is 8.33. The summed E-state index contributed by atoms with van der Waals surface area (Å²) in [5.74, 6) is -2.14. The lowest BCUT2D eigenvalue weighted by Crippen LogP contribution is -2.51. The van der Waals surface area contributed by atoms with Gasteiger partial charge in [0.15, 0.2) is 11.6 Å². The van der Waals surface area contributed by atoms with Gasteiger partial charge in [0.2, 0.25) is 0 Å². The summed E-state index contributed by atoms with van der Waals surface area (Å²) < 4.78 is 40.7. The lowest BCUT2D eigenvalue weighted by atomic mass is 9.71. The third-order valence-electron chi connectivity index (χ3n) is 7.70. The Morgan fingerprint density at radius 2 is 1.90 bits per heavy atom. The molecule has 1 spiro atoms. The first-order valence-corrected chi connectivity index (χ1v) is 13.2. The maximum atomic E-state index is 14.5. The van der Waals surface area contributed by atoms with Crippen molar-refractivity contribution < 1.29 is 23.0 Å². The molecule has 0 N–H and O–H groups in total. The highest BCUT2D eigenvalue weighted by atomic mass is 19.2. The predicted molar refractivity (Wildman–Crippen MR) is 144 cm³/mol. The highest BCUT2D eigenvalue weighted by Crippen LogP contribution is 2.52. The van der Waals surface area contributed by atoms with Crippen molar-refractivity contribution in [1.29, 1.82) is 5.26 Å². The zero-order chi connectivity index (χ0) is 27.9. The minimum Gasteiger partial charge on any atom is -0.444 e. The van der Waals surface area contributed by atoms with Gasteiger partial charge in [-0.15, -0.1) is 0 Å². The summed E-state index contributed by atoms with van der Waals surface area (Å²) in [6, 6.07) is 18.7. The van der Waals surface area contributed by atoms with Crippen molar-refractivity contribution in [3.63, 3.8) is 0 Å². The van der Waals surface area contributed by atoms with Crippen molar-refractivity contribution in [2.24, 2.45) is 0 Å². The molecule has 0 bridgehead atoms. The van der Waals surface area contributed by atoms with Crippen molar-refractivity contribution in [1.82, 2.24) is 4.90 Å². The van der Waals surface area contributed by atoms with Gasteiger partial charge in [-0.1, -0.05) is 42.5 Å².